The Labute approximate surface area is 142 Å². The van der Waals surface area contributed by atoms with Crippen molar-refractivity contribution >= 4 is 5.82 Å². The number of hydrogen-bond donors (Lipinski definition) is 1. The van der Waals surface area contributed by atoms with E-state index in [1.165, 1.54) is 11.1 Å². The van der Waals surface area contributed by atoms with Crippen LogP contribution in [0.1, 0.15) is 18.0 Å². The van der Waals surface area contributed by atoms with Gasteiger partial charge in [-0.15, -0.1) is 5.10 Å². The molecule has 1 fully saturated rings. The predicted octanol–water partition coefficient (Wildman–Crippen LogP) is 3.15. The van der Waals surface area contributed by atoms with Crippen molar-refractivity contribution in [2.75, 3.05) is 31.1 Å². The lowest BCUT2D eigenvalue weighted by molar-refractivity contribution is 0.582. The molecule has 1 atom stereocenters. The molecule has 1 saturated heterocycles. The van der Waals surface area contributed by atoms with Gasteiger partial charge in [0.15, 0.2) is 5.82 Å². The van der Waals surface area contributed by atoms with Gasteiger partial charge in [-0.1, -0.05) is 54.6 Å². The van der Waals surface area contributed by atoms with Crippen LogP contribution in [-0.2, 0) is 0 Å². The first-order chi connectivity index (χ1) is 11.9. The van der Waals surface area contributed by atoms with Gasteiger partial charge in [0.2, 0.25) is 0 Å². The summed E-state index contributed by atoms with van der Waals surface area (Å²) in [4.78, 5) is 2.34. The van der Waals surface area contributed by atoms with Crippen LogP contribution < -0.4 is 10.2 Å². The first-order valence-corrected chi connectivity index (χ1v) is 8.64. The Bertz CT molecular complexity index is 745. The normalized spacial score (nSPS) is 20.3. The van der Waals surface area contributed by atoms with E-state index < -0.39 is 0 Å². The summed E-state index contributed by atoms with van der Waals surface area (Å²) in [5.41, 5.74) is 3.44. The maximum absolute atomic E-state index is 4.64. The molecule has 1 aliphatic carbocycles. The molecular weight excluding hydrogens is 296 g/mol. The van der Waals surface area contributed by atoms with Gasteiger partial charge in [0.1, 0.15) is 0 Å². The number of anilines is 1. The van der Waals surface area contributed by atoms with Crippen LogP contribution in [0, 0.1) is 0 Å². The van der Waals surface area contributed by atoms with Crippen molar-refractivity contribution in [2.45, 2.75) is 12.3 Å². The van der Waals surface area contributed by atoms with E-state index in [9.17, 15) is 0 Å². The molecule has 4 nitrogen and oxygen atoms in total. The van der Waals surface area contributed by atoms with Crippen LogP contribution in [0.2, 0.25) is 0 Å². The summed E-state index contributed by atoms with van der Waals surface area (Å²) in [5, 5.41) is 12.6. The summed E-state index contributed by atoms with van der Waals surface area (Å²) in [7, 11) is 0. The standard InChI is InChI=1S/C20H22N4/c1-3-7-16(8-4-1)18-15-19(17-9-5-2-6-10-17)22-23-20(18)24-13-11-21-12-14-24/h1-9,15,17,21H,10-14H2. The highest BCUT2D eigenvalue weighted by atomic mass is 15.3. The lowest BCUT2D eigenvalue weighted by Crippen LogP contribution is -2.44. The van der Waals surface area contributed by atoms with Crippen molar-refractivity contribution in [3.05, 3.63) is 66.4 Å². The molecule has 1 N–H and O–H groups in total. The van der Waals surface area contributed by atoms with Crippen LogP contribution >= 0.6 is 0 Å². The summed E-state index contributed by atoms with van der Waals surface area (Å²) in [6, 6.07) is 12.8. The van der Waals surface area contributed by atoms with Crippen molar-refractivity contribution in [3.8, 4) is 11.1 Å². The average Bonchev–Trinajstić information content (AvgIpc) is 2.69. The van der Waals surface area contributed by atoms with Crippen LogP contribution in [0.25, 0.3) is 11.1 Å². The molecule has 2 aliphatic rings. The highest BCUT2D eigenvalue weighted by Gasteiger charge is 2.20. The second-order valence-corrected chi connectivity index (χ2v) is 6.26. The zero-order valence-electron chi connectivity index (χ0n) is 13.7. The van der Waals surface area contributed by atoms with E-state index in [0.717, 1.165) is 44.1 Å². The molecule has 0 spiro atoms. The molecule has 1 aliphatic heterocycles. The third-order valence-corrected chi connectivity index (χ3v) is 4.66. The highest BCUT2D eigenvalue weighted by Crippen LogP contribution is 2.32. The summed E-state index contributed by atoms with van der Waals surface area (Å²) < 4.78 is 0. The lowest BCUT2D eigenvalue weighted by Gasteiger charge is -2.30. The first kappa shape index (κ1) is 15.1. The molecule has 1 aromatic heterocycles. The van der Waals surface area contributed by atoms with Crippen LogP contribution in [0.5, 0.6) is 0 Å². The Morgan fingerprint density at radius 1 is 1.00 bits per heavy atom. The van der Waals surface area contributed by atoms with E-state index in [1.54, 1.807) is 0 Å². The maximum Gasteiger partial charge on any atom is 0.159 e. The molecule has 1 aromatic carbocycles. The minimum absolute atomic E-state index is 0.321. The molecule has 122 valence electrons. The summed E-state index contributed by atoms with van der Waals surface area (Å²) >= 11 is 0. The fraction of sp³-hybridized carbons (Fsp3) is 0.300. The van der Waals surface area contributed by atoms with Crippen LogP contribution in [-0.4, -0.2) is 36.4 Å². The molecule has 1 unspecified atom stereocenters. The van der Waals surface area contributed by atoms with Gasteiger partial charge in [-0.3, -0.25) is 0 Å². The number of allylic oxidation sites excluding steroid dienone is 4. The van der Waals surface area contributed by atoms with Gasteiger partial charge in [0.25, 0.3) is 0 Å². The van der Waals surface area contributed by atoms with Gasteiger partial charge in [0.05, 0.1) is 5.69 Å². The van der Waals surface area contributed by atoms with Gasteiger partial charge in [-0.25, -0.2) is 0 Å². The van der Waals surface area contributed by atoms with E-state index in [2.05, 4.69) is 81.1 Å². The van der Waals surface area contributed by atoms with Crippen molar-refractivity contribution < 1.29 is 0 Å². The van der Waals surface area contributed by atoms with E-state index >= 15 is 0 Å². The fourth-order valence-corrected chi connectivity index (χ4v) is 3.32. The predicted molar refractivity (Wildman–Crippen MR) is 98.2 cm³/mol. The number of aromatic nitrogens is 2. The number of piperazine rings is 1. The van der Waals surface area contributed by atoms with Crippen molar-refractivity contribution in [1.29, 1.82) is 0 Å². The molecule has 4 heteroatoms. The zero-order chi connectivity index (χ0) is 16.2. The van der Waals surface area contributed by atoms with Gasteiger partial charge < -0.3 is 10.2 Å². The molecular formula is C20H22N4. The Hall–Kier alpha value is -2.46. The molecule has 0 amide bonds. The molecule has 0 saturated carbocycles. The fourth-order valence-electron chi connectivity index (χ4n) is 3.32. The van der Waals surface area contributed by atoms with Crippen LogP contribution in [0.3, 0.4) is 0 Å². The Morgan fingerprint density at radius 2 is 1.83 bits per heavy atom. The van der Waals surface area contributed by atoms with Gasteiger partial charge in [-0.05, 0) is 18.1 Å². The largest absolute Gasteiger partial charge is 0.352 e. The highest BCUT2D eigenvalue weighted by molar-refractivity contribution is 5.76. The van der Waals surface area contributed by atoms with Crippen molar-refractivity contribution in [1.82, 2.24) is 15.5 Å². The number of nitrogens with one attached hydrogen (secondary N) is 1. The van der Waals surface area contributed by atoms with Crippen LogP contribution in [0.15, 0.2) is 60.7 Å². The van der Waals surface area contributed by atoms with Gasteiger partial charge >= 0.3 is 0 Å². The third kappa shape index (κ3) is 3.10. The van der Waals surface area contributed by atoms with Gasteiger partial charge in [0, 0.05) is 37.7 Å². The molecule has 0 bridgehead atoms. The van der Waals surface area contributed by atoms with Crippen molar-refractivity contribution in [3.63, 3.8) is 0 Å². The Morgan fingerprint density at radius 3 is 2.58 bits per heavy atom. The summed E-state index contributed by atoms with van der Waals surface area (Å²) in [6.45, 7) is 3.93. The monoisotopic (exact) mass is 318 g/mol. The van der Waals surface area contributed by atoms with E-state index in [4.69, 9.17) is 0 Å². The van der Waals surface area contributed by atoms with Crippen molar-refractivity contribution in [2.24, 2.45) is 0 Å². The Balaban J connectivity index is 1.75. The summed E-state index contributed by atoms with van der Waals surface area (Å²) in [6.07, 6.45) is 9.59. The minimum atomic E-state index is 0.321. The summed E-state index contributed by atoms with van der Waals surface area (Å²) in [5.74, 6) is 1.32. The number of nitrogens with zero attached hydrogens (tertiary/aromatic N) is 3. The second kappa shape index (κ2) is 6.97. The SMILES string of the molecule is C1=CCC(c2cc(-c3ccccc3)c(N3CCNCC3)nn2)C=C1. The van der Waals surface area contributed by atoms with E-state index in [1.807, 2.05) is 0 Å². The lowest BCUT2D eigenvalue weighted by atomic mass is 9.95. The zero-order valence-corrected chi connectivity index (χ0v) is 13.7. The Kier molecular flexibility index (Phi) is 4.38. The first-order valence-electron chi connectivity index (χ1n) is 8.64. The smallest absolute Gasteiger partial charge is 0.159 e. The molecule has 0 radical (unpaired) electrons. The average molecular weight is 318 g/mol. The van der Waals surface area contributed by atoms with Crippen LogP contribution in [0.4, 0.5) is 5.82 Å². The quantitative estimate of drug-likeness (QED) is 0.944. The minimum Gasteiger partial charge on any atom is -0.352 e. The van der Waals surface area contributed by atoms with Gasteiger partial charge in [-0.2, -0.15) is 5.10 Å². The number of rotatable bonds is 3. The maximum atomic E-state index is 4.64. The third-order valence-electron chi connectivity index (χ3n) is 4.66. The second-order valence-electron chi connectivity index (χ2n) is 6.26. The molecule has 4 rings (SSSR count). The number of benzene rings is 1. The number of hydrogen-bond acceptors (Lipinski definition) is 4. The molecule has 2 heterocycles. The molecule has 2 aromatic rings. The van der Waals surface area contributed by atoms with E-state index in [0.29, 0.717) is 5.92 Å². The van der Waals surface area contributed by atoms with E-state index in [-0.39, 0.29) is 0 Å². The topological polar surface area (TPSA) is 41.0 Å². The molecule has 24 heavy (non-hydrogen) atoms.